The van der Waals surface area contributed by atoms with Gasteiger partial charge in [-0.25, -0.2) is 4.98 Å². The Bertz CT molecular complexity index is 833. The van der Waals surface area contributed by atoms with Gasteiger partial charge in [-0.3, -0.25) is 9.78 Å². The minimum Gasteiger partial charge on any atom is -0.492 e. The molecule has 6 heteroatoms. The van der Waals surface area contributed by atoms with E-state index in [-0.39, 0.29) is 5.91 Å². The van der Waals surface area contributed by atoms with E-state index in [9.17, 15) is 4.79 Å². The normalized spacial score (nSPS) is 10.4. The summed E-state index contributed by atoms with van der Waals surface area (Å²) in [6, 6.07) is 11.3. The van der Waals surface area contributed by atoms with Crippen LogP contribution in [0.3, 0.4) is 0 Å². The van der Waals surface area contributed by atoms with Crippen LogP contribution in [-0.4, -0.2) is 22.5 Å². The van der Waals surface area contributed by atoms with E-state index in [0.29, 0.717) is 30.9 Å². The second-order valence-electron chi connectivity index (χ2n) is 5.34. The van der Waals surface area contributed by atoms with Crippen molar-refractivity contribution >= 4 is 22.9 Å². The number of aromatic nitrogens is 2. The van der Waals surface area contributed by atoms with Gasteiger partial charge in [0.05, 0.1) is 23.0 Å². The number of aryl methyl sites for hydroxylation is 1. The Kier molecular flexibility index (Phi) is 5.74. The molecule has 0 bridgehead atoms. The number of anilines is 1. The zero-order valence-corrected chi connectivity index (χ0v) is 14.8. The van der Waals surface area contributed by atoms with Gasteiger partial charge in [-0.15, -0.1) is 11.3 Å². The number of thiazole rings is 1. The van der Waals surface area contributed by atoms with E-state index in [2.05, 4.69) is 15.3 Å². The summed E-state index contributed by atoms with van der Waals surface area (Å²) in [4.78, 5) is 20.8. The Labute approximate surface area is 150 Å². The van der Waals surface area contributed by atoms with Crippen LogP contribution in [0, 0.1) is 0 Å². The molecule has 0 saturated carbocycles. The topological polar surface area (TPSA) is 64.1 Å². The quantitative estimate of drug-likeness (QED) is 0.692. The van der Waals surface area contributed by atoms with Gasteiger partial charge in [-0.05, 0) is 31.2 Å². The van der Waals surface area contributed by atoms with E-state index in [1.807, 2.05) is 48.7 Å². The molecule has 5 nitrogen and oxygen atoms in total. The smallest absolute Gasteiger partial charge is 0.224 e. The summed E-state index contributed by atoms with van der Waals surface area (Å²) in [6.45, 7) is 2.48. The zero-order valence-electron chi connectivity index (χ0n) is 13.9. The third kappa shape index (κ3) is 4.64. The van der Waals surface area contributed by atoms with Gasteiger partial charge in [-0.2, -0.15) is 0 Å². The predicted molar refractivity (Wildman–Crippen MR) is 99.9 cm³/mol. The lowest BCUT2D eigenvalue weighted by Gasteiger charge is -2.10. The lowest BCUT2D eigenvalue weighted by molar-refractivity contribution is -0.116. The fraction of sp³-hybridized carbons (Fsp3) is 0.211. The number of para-hydroxylation sites is 2. The number of nitrogens with one attached hydrogen (secondary N) is 1. The Hall–Kier alpha value is -2.73. The summed E-state index contributed by atoms with van der Waals surface area (Å²) < 4.78 is 5.52. The maximum Gasteiger partial charge on any atom is 0.224 e. The first kappa shape index (κ1) is 17.1. The molecule has 0 spiro atoms. The first-order valence-corrected chi connectivity index (χ1v) is 9.00. The number of ether oxygens (including phenoxy) is 1. The van der Waals surface area contributed by atoms with Gasteiger partial charge in [0.2, 0.25) is 5.91 Å². The molecule has 25 heavy (non-hydrogen) atoms. The van der Waals surface area contributed by atoms with Crippen molar-refractivity contribution in [2.24, 2.45) is 0 Å². The SMILES string of the molecule is CCOc1ccccc1NC(=O)CCc1nc(-c2ccncc2)cs1. The number of hydrogen-bond donors (Lipinski definition) is 1. The van der Waals surface area contributed by atoms with Crippen LogP contribution in [0.25, 0.3) is 11.3 Å². The van der Waals surface area contributed by atoms with Crippen LogP contribution in [0.1, 0.15) is 18.4 Å². The summed E-state index contributed by atoms with van der Waals surface area (Å²) in [5, 5.41) is 5.86. The van der Waals surface area contributed by atoms with Crippen LogP contribution >= 0.6 is 11.3 Å². The summed E-state index contributed by atoms with van der Waals surface area (Å²) in [7, 11) is 0. The lowest BCUT2D eigenvalue weighted by atomic mass is 10.2. The molecule has 0 aliphatic heterocycles. The standard InChI is InChI=1S/C19H19N3O2S/c1-2-24-17-6-4-3-5-15(17)21-18(23)7-8-19-22-16(13-25-19)14-9-11-20-12-10-14/h3-6,9-13H,2,7-8H2,1H3,(H,21,23). The van der Waals surface area contributed by atoms with Crippen LogP contribution in [0.4, 0.5) is 5.69 Å². The number of rotatable bonds is 7. The summed E-state index contributed by atoms with van der Waals surface area (Å²) in [5.74, 6) is 0.639. The van der Waals surface area contributed by atoms with E-state index in [1.54, 1.807) is 23.7 Å². The maximum atomic E-state index is 12.2. The molecule has 3 rings (SSSR count). The molecule has 1 amide bonds. The van der Waals surface area contributed by atoms with Crippen molar-refractivity contribution in [3.8, 4) is 17.0 Å². The monoisotopic (exact) mass is 353 g/mol. The van der Waals surface area contributed by atoms with Crippen molar-refractivity contribution in [3.05, 3.63) is 59.2 Å². The van der Waals surface area contributed by atoms with Crippen LogP contribution in [0.2, 0.25) is 0 Å². The van der Waals surface area contributed by atoms with Gasteiger partial charge in [0.25, 0.3) is 0 Å². The Balaban J connectivity index is 1.57. The van der Waals surface area contributed by atoms with Gasteiger partial charge < -0.3 is 10.1 Å². The molecule has 3 aromatic rings. The summed E-state index contributed by atoms with van der Waals surface area (Å²) in [6.07, 6.45) is 4.48. The van der Waals surface area contributed by atoms with Crippen molar-refractivity contribution in [2.45, 2.75) is 19.8 Å². The van der Waals surface area contributed by atoms with E-state index in [0.717, 1.165) is 16.3 Å². The Morgan fingerprint density at radius 1 is 1.20 bits per heavy atom. The molecule has 0 aliphatic rings. The van der Waals surface area contributed by atoms with Crippen LogP contribution in [-0.2, 0) is 11.2 Å². The highest BCUT2D eigenvalue weighted by molar-refractivity contribution is 7.09. The minimum absolute atomic E-state index is 0.0483. The molecule has 2 aromatic heterocycles. The van der Waals surface area contributed by atoms with Crippen LogP contribution in [0.5, 0.6) is 5.75 Å². The van der Waals surface area contributed by atoms with Crippen molar-refractivity contribution in [2.75, 3.05) is 11.9 Å². The number of amides is 1. The average Bonchev–Trinajstić information content (AvgIpc) is 3.12. The molecule has 0 atom stereocenters. The second-order valence-corrected chi connectivity index (χ2v) is 6.28. The number of carbonyl (C=O) groups is 1. The van der Waals surface area contributed by atoms with Gasteiger partial charge >= 0.3 is 0 Å². The molecule has 0 aliphatic carbocycles. The van der Waals surface area contributed by atoms with Crippen molar-refractivity contribution in [1.29, 1.82) is 0 Å². The minimum atomic E-state index is -0.0483. The Morgan fingerprint density at radius 3 is 2.80 bits per heavy atom. The van der Waals surface area contributed by atoms with Crippen molar-refractivity contribution in [3.63, 3.8) is 0 Å². The first-order valence-electron chi connectivity index (χ1n) is 8.12. The predicted octanol–water partition coefficient (Wildman–Crippen LogP) is 4.18. The molecule has 0 radical (unpaired) electrons. The van der Waals surface area contributed by atoms with Gasteiger partial charge in [0.15, 0.2) is 0 Å². The third-order valence-corrected chi connectivity index (χ3v) is 4.46. The van der Waals surface area contributed by atoms with E-state index in [1.165, 1.54) is 0 Å². The van der Waals surface area contributed by atoms with Crippen LogP contribution < -0.4 is 10.1 Å². The fourth-order valence-corrected chi connectivity index (χ4v) is 3.17. The van der Waals surface area contributed by atoms with Gasteiger partial charge in [0.1, 0.15) is 5.75 Å². The second kappa shape index (κ2) is 8.39. The molecule has 1 aromatic carbocycles. The largest absolute Gasteiger partial charge is 0.492 e. The first-order chi connectivity index (χ1) is 12.3. The van der Waals surface area contributed by atoms with Crippen molar-refractivity contribution in [1.82, 2.24) is 9.97 Å². The third-order valence-electron chi connectivity index (χ3n) is 3.55. The van der Waals surface area contributed by atoms with E-state index in [4.69, 9.17) is 4.74 Å². The van der Waals surface area contributed by atoms with Gasteiger partial charge in [0, 0.05) is 36.2 Å². The molecule has 0 fully saturated rings. The fourth-order valence-electron chi connectivity index (χ4n) is 2.37. The van der Waals surface area contributed by atoms with Gasteiger partial charge in [-0.1, -0.05) is 12.1 Å². The molecule has 2 heterocycles. The molecule has 0 unspecified atom stereocenters. The van der Waals surface area contributed by atoms with Crippen LogP contribution in [0.15, 0.2) is 54.2 Å². The number of carbonyl (C=O) groups excluding carboxylic acids is 1. The highest BCUT2D eigenvalue weighted by Gasteiger charge is 2.10. The summed E-state index contributed by atoms with van der Waals surface area (Å²) in [5.41, 5.74) is 2.66. The lowest BCUT2D eigenvalue weighted by Crippen LogP contribution is -2.13. The number of pyridine rings is 1. The number of nitrogens with zero attached hydrogens (tertiary/aromatic N) is 2. The highest BCUT2D eigenvalue weighted by atomic mass is 32.1. The average molecular weight is 353 g/mol. The van der Waals surface area contributed by atoms with Crippen molar-refractivity contribution < 1.29 is 9.53 Å². The molecule has 0 saturated heterocycles. The van der Waals surface area contributed by atoms with E-state index < -0.39 is 0 Å². The highest BCUT2D eigenvalue weighted by Crippen LogP contribution is 2.25. The maximum absolute atomic E-state index is 12.2. The number of benzene rings is 1. The number of hydrogen-bond acceptors (Lipinski definition) is 5. The molecular formula is C19H19N3O2S. The summed E-state index contributed by atoms with van der Waals surface area (Å²) >= 11 is 1.57. The van der Waals surface area contributed by atoms with E-state index >= 15 is 0 Å². The molecule has 128 valence electrons. The Morgan fingerprint density at radius 2 is 2.00 bits per heavy atom. The molecular weight excluding hydrogens is 334 g/mol. The molecule has 1 N–H and O–H groups in total. The zero-order chi connectivity index (χ0) is 17.5.